The van der Waals surface area contributed by atoms with Gasteiger partial charge in [-0.2, -0.15) is 0 Å². The molecule has 0 aliphatic carbocycles. The first-order chi connectivity index (χ1) is 12.1. The van der Waals surface area contributed by atoms with Crippen molar-refractivity contribution in [3.8, 4) is 17.0 Å². The molecule has 0 unspecified atom stereocenters. The lowest BCUT2D eigenvalue weighted by Crippen LogP contribution is -2.18. The zero-order chi connectivity index (χ0) is 17.8. The molecule has 2 aromatic heterocycles. The number of carbonyl (C=O) groups excluding carboxylic acids is 1. The highest BCUT2D eigenvalue weighted by Gasteiger charge is 2.16. The number of nitrogens with one attached hydrogen (secondary N) is 2. The zero-order valence-corrected chi connectivity index (χ0v) is 14.7. The highest BCUT2D eigenvalue weighted by molar-refractivity contribution is 5.86. The van der Waals surface area contributed by atoms with E-state index in [1.165, 1.54) is 0 Å². The number of hydrogen-bond donors (Lipinski definition) is 2. The number of H-pyrrole nitrogens is 1. The SMILES string of the molecule is CNC(=O)CCc1c(-c2ccc(OC(C)C)cc2)[nH]c2nccnc12. The molecule has 1 amide bonds. The molecule has 25 heavy (non-hydrogen) atoms. The molecule has 0 atom stereocenters. The number of nitrogens with zero attached hydrogens (tertiary/aromatic N) is 2. The summed E-state index contributed by atoms with van der Waals surface area (Å²) in [4.78, 5) is 23.8. The fraction of sp³-hybridized carbons (Fsp3) is 0.316. The molecule has 0 bridgehead atoms. The molecule has 3 rings (SSSR count). The summed E-state index contributed by atoms with van der Waals surface area (Å²) in [7, 11) is 1.64. The smallest absolute Gasteiger partial charge is 0.220 e. The fourth-order valence-corrected chi connectivity index (χ4v) is 2.79. The van der Waals surface area contributed by atoms with Crippen LogP contribution in [0.5, 0.6) is 5.75 Å². The van der Waals surface area contributed by atoms with Gasteiger partial charge in [-0.05, 0) is 50.1 Å². The van der Waals surface area contributed by atoms with E-state index in [1.807, 2.05) is 38.1 Å². The van der Waals surface area contributed by atoms with Gasteiger partial charge < -0.3 is 15.0 Å². The van der Waals surface area contributed by atoms with E-state index >= 15 is 0 Å². The molecule has 3 aromatic rings. The Balaban J connectivity index is 1.98. The van der Waals surface area contributed by atoms with Crippen molar-refractivity contribution in [1.82, 2.24) is 20.3 Å². The first kappa shape index (κ1) is 17.0. The number of aromatic amines is 1. The van der Waals surface area contributed by atoms with Gasteiger partial charge in [0.15, 0.2) is 5.65 Å². The Bertz CT molecular complexity index is 869. The Labute approximate surface area is 146 Å². The normalized spacial score (nSPS) is 11.0. The fourth-order valence-electron chi connectivity index (χ4n) is 2.79. The van der Waals surface area contributed by atoms with Gasteiger partial charge in [-0.3, -0.25) is 9.78 Å². The van der Waals surface area contributed by atoms with Crippen LogP contribution in [-0.2, 0) is 11.2 Å². The van der Waals surface area contributed by atoms with E-state index < -0.39 is 0 Å². The Kier molecular flexibility index (Phi) is 4.97. The summed E-state index contributed by atoms with van der Waals surface area (Å²) in [6.45, 7) is 4.00. The van der Waals surface area contributed by atoms with E-state index in [9.17, 15) is 4.79 Å². The van der Waals surface area contributed by atoms with E-state index in [2.05, 4.69) is 20.3 Å². The molecule has 0 aliphatic rings. The molecule has 130 valence electrons. The summed E-state index contributed by atoms with van der Waals surface area (Å²) in [5.41, 5.74) is 4.50. The molecule has 0 spiro atoms. The summed E-state index contributed by atoms with van der Waals surface area (Å²) in [5, 5.41) is 2.66. The van der Waals surface area contributed by atoms with Gasteiger partial charge in [0.25, 0.3) is 0 Å². The summed E-state index contributed by atoms with van der Waals surface area (Å²) < 4.78 is 5.70. The van der Waals surface area contributed by atoms with Gasteiger partial charge in [0, 0.05) is 31.4 Å². The topological polar surface area (TPSA) is 79.9 Å². The number of aromatic nitrogens is 3. The van der Waals surface area contributed by atoms with Crippen molar-refractivity contribution in [1.29, 1.82) is 0 Å². The number of rotatable bonds is 6. The third-order valence-corrected chi connectivity index (χ3v) is 3.92. The first-order valence-electron chi connectivity index (χ1n) is 8.37. The molecule has 0 radical (unpaired) electrons. The maximum Gasteiger partial charge on any atom is 0.220 e. The molecular formula is C19H22N4O2. The maximum atomic E-state index is 11.7. The Morgan fingerprint density at radius 1 is 1.20 bits per heavy atom. The lowest BCUT2D eigenvalue weighted by Gasteiger charge is -2.10. The highest BCUT2D eigenvalue weighted by Crippen LogP contribution is 2.30. The van der Waals surface area contributed by atoms with Crippen LogP contribution in [0.2, 0.25) is 0 Å². The minimum atomic E-state index is 0.00451. The minimum Gasteiger partial charge on any atom is -0.491 e. The van der Waals surface area contributed by atoms with Crippen molar-refractivity contribution in [3.63, 3.8) is 0 Å². The third kappa shape index (κ3) is 3.79. The van der Waals surface area contributed by atoms with Gasteiger partial charge in [0.2, 0.25) is 5.91 Å². The predicted molar refractivity (Wildman–Crippen MR) is 97.5 cm³/mol. The quantitative estimate of drug-likeness (QED) is 0.724. The van der Waals surface area contributed by atoms with E-state index in [4.69, 9.17) is 4.74 Å². The van der Waals surface area contributed by atoms with Crippen molar-refractivity contribution in [2.45, 2.75) is 32.8 Å². The average molecular weight is 338 g/mol. The van der Waals surface area contributed by atoms with Crippen LogP contribution in [0.4, 0.5) is 0 Å². The van der Waals surface area contributed by atoms with E-state index in [-0.39, 0.29) is 12.0 Å². The van der Waals surface area contributed by atoms with Gasteiger partial charge >= 0.3 is 0 Å². The van der Waals surface area contributed by atoms with Crippen LogP contribution < -0.4 is 10.1 Å². The molecule has 2 N–H and O–H groups in total. The van der Waals surface area contributed by atoms with E-state index in [0.29, 0.717) is 12.8 Å². The molecular weight excluding hydrogens is 316 g/mol. The molecule has 6 heteroatoms. The maximum absolute atomic E-state index is 11.7. The standard InChI is InChI=1S/C19H22N4O2/c1-12(2)25-14-6-4-13(5-7-14)17-15(8-9-16(24)20-3)18-19(23-17)22-11-10-21-18/h4-7,10-12H,8-9H2,1-3H3,(H,20,24)(H,22,23). The van der Waals surface area contributed by atoms with E-state index in [0.717, 1.165) is 33.7 Å². The summed E-state index contributed by atoms with van der Waals surface area (Å²) in [6, 6.07) is 7.91. The molecule has 6 nitrogen and oxygen atoms in total. The van der Waals surface area contributed by atoms with Crippen molar-refractivity contribution in [3.05, 3.63) is 42.2 Å². The summed E-state index contributed by atoms with van der Waals surface area (Å²) in [5.74, 6) is 0.836. The van der Waals surface area contributed by atoms with Crippen LogP contribution in [-0.4, -0.2) is 34.0 Å². The van der Waals surface area contributed by atoms with Crippen LogP contribution in [0.25, 0.3) is 22.4 Å². The van der Waals surface area contributed by atoms with Gasteiger partial charge in [-0.15, -0.1) is 0 Å². The van der Waals surface area contributed by atoms with Crippen LogP contribution in [0.3, 0.4) is 0 Å². The summed E-state index contributed by atoms with van der Waals surface area (Å²) >= 11 is 0. The minimum absolute atomic E-state index is 0.00451. The van der Waals surface area contributed by atoms with Crippen LogP contribution in [0.1, 0.15) is 25.8 Å². The predicted octanol–water partition coefficient (Wildman–Crippen LogP) is 3.09. The number of hydrogen-bond acceptors (Lipinski definition) is 4. The van der Waals surface area contributed by atoms with Gasteiger partial charge in [0.1, 0.15) is 11.3 Å². The van der Waals surface area contributed by atoms with E-state index in [1.54, 1.807) is 19.4 Å². The Morgan fingerprint density at radius 3 is 2.60 bits per heavy atom. The zero-order valence-electron chi connectivity index (χ0n) is 14.7. The second kappa shape index (κ2) is 7.34. The van der Waals surface area contributed by atoms with Gasteiger partial charge in [0.05, 0.1) is 11.8 Å². The second-order valence-corrected chi connectivity index (χ2v) is 6.10. The number of ether oxygens (including phenoxy) is 1. The summed E-state index contributed by atoms with van der Waals surface area (Å²) in [6.07, 6.45) is 4.46. The van der Waals surface area contributed by atoms with Crippen molar-refractivity contribution >= 4 is 17.1 Å². The van der Waals surface area contributed by atoms with Crippen LogP contribution in [0, 0.1) is 0 Å². The van der Waals surface area contributed by atoms with Gasteiger partial charge in [-0.1, -0.05) is 0 Å². The van der Waals surface area contributed by atoms with Gasteiger partial charge in [-0.25, -0.2) is 4.98 Å². The van der Waals surface area contributed by atoms with Crippen molar-refractivity contribution in [2.75, 3.05) is 7.05 Å². The molecule has 0 saturated carbocycles. The van der Waals surface area contributed by atoms with Crippen LogP contribution in [0.15, 0.2) is 36.7 Å². The Morgan fingerprint density at radius 2 is 1.92 bits per heavy atom. The molecule has 0 saturated heterocycles. The molecule has 1 aromatic carbocycles. The highest BCUT2D eigenvalue weighted by atomic mass is 16.5. The molecule has 0 aliphatic heterocycles. The Hall–Kier alpha value is -2.89. The number of aryl methyl sites for hydroxylation is 1. The monoisotopic (exact) mass is 338 g/mol. The number of fused-ring (bicyclic) bond motifs is 1. The molecule has 0 fully saturated rings. The average Bonchev–Trinajstić information content (AvgIpc) is 2.98. The number of amides is 1. The van der Waals surface area contributed by atoms with Crippen LogP contribution >= 0.6 is 0 Å². The molecule has 2 heterocycles. The largest absolute Gasteiger partial charge is 0.491 e. The number of carbonyl (C=O) groups is 1. The lowest BCUT2D eigenvalue weighted by molar-refractivity contribution is -0.120. The first-order valence-corrected chi connectivity index (χ1v) is 8.37. The lowest BCUT2D eigenvalue weighted by atomic mass is 10.0. The van der Waals surface area contributed by atoms with Crippen molar-refractivity contribution < 1.29 is 9.53 Å². The van der Waals surface area contributed by atoms with Crippen molar-refractivity contribution in [2.24, 2.45) is 0 Å². The second-order valence-electron chi connectivity index (χ2n) is 6.10. The number of benzene rings is 1. The third-order valence-electron chi connectivity index (χ3n) is 3.92.